The lowest BCUT2D eigenvalue weighted by Crippen LogP contribution is -2.10. The molecular formula is C20H26. The second-order valence-electron chi connectivity index (χ2n) is 6.96. The third-order valence-corrected chi connectivity index (χ3v) is 4.41. The summed E-state index contributed by atoms with van der Waals surface area (Å²) in [5.74, 6) is 0. The Morgan fingerprint density at radius 3 is 1.55 bits per heavy atom. The number of benzene rings is 2. The molecule has 106 valence electrons. The second kappa shape index (κ2) is 5.09. The highest BCUT2D eigenvalue weighted by Gasteiger charge is 2.15. The first-order valence-corrected chi connectivity index (χ1v) is 7.40. The van der Waals surface area contributed by atoms with Gasteiger partial charge in [-0.3, -0.25) is 0 Å². The average molecular weight is 266 g/mol. The average Bonchev–Trinajstić information content (AvgIpc) is 2.36. The van der Waals surface area contributed by atoms with E-state index in [1.807, 2.05) is 0 Å². The molecule has 0 bridgehead atoms. The van der Waals surface area contributed by atoms with E-state index in [2.05, 4.69) is 78.8 Å². The van der Waals surface area contributed by atoms with Gasteiger partial charge in [0.25, 0.3) is 0 Å². The van der Waals surface area contributed by atoms with Gasteiger partial charge in [-0.1, -0.05) is 51.1 Å². The molecule has 20 heavy (non-hydrogen) atoms. The van der Waals surface area contributed by atoms with E-state index < -0.39 is 0 Å². The number of hydrogen-bond acceptors (Lipinski definition) is 0. The molecule has 0 aromatic heterocycles. The third kappa shape index (κ3) is 2.65. The van der Waals surface area contributed by atoms with Crippen LogP contribution in [0.15, 0.2) is 30.3 Å². The van der Waals surface area contributed by atoms with Crippen molar-refractivity contribution < 1.29 is 0 Å². The van der Waals surface area contributed by atoms with Gasteiger partial charge < -0.3 is 0 Å². The molecule has 2 rings (SSSR count). The van der Waals surface area contributed by atoms with Crippen LogP contribution in [0.2, 0.25) is 0 Å². The Hall–Kier alpha value is -1.56. The molecule has 0 radical (unpaired) electrons. The van der Waals surface area contributed by atoms with Crippen molar-refractivity contribution in [1.82, 2.24) is 0 Å². The van der Waals surface area contributed by atoms with Crippen molar-refractivity contribution in [3.63, 3.8) is 0 Å². The number of rotatable bonds is 1. The van der Waals surface area contributed by atoms with E-state index in [1.165, 1.54) is 38.9 Å². The maximum Gasteiger partial charge on any atom is -0.0120 e. The van der Waals surface area contributed by atoms with Crippen LogP contribution in [0, 0.1) is 27.7 Å². The van der Waals surface area contributed by atoms with E-state index in [4.69, 9.17) is 0 Å². The Kier molecular flexibility index (Phi) is 3.77. The highest BCUT2D eigenvalue weighted by atomic mass is 14.2. The maximum atomic E-state index is 2.29. The molecule has 0 aliphatic carbocycles. The molecule has 0 fully saturated rings. The van der Waals surface area contributed by atoms with Crippen molar-refractivity contribution in [2.75, 3.05) is 0 Å². The molecule has 0 heterocycles. The van der Waals surface area contributed by atoms with Gasteiger partial charge in [-0.05, 0) is 72.1 Å². The van der Waals surface area contributed by atoms with Crippen molar-refractivity contribution in [2.45, 2.75) is 53.9 Å². The molecule has 0 saturated carbocycles. The topological polar surface area (TPSA) is 0 Å². The summed E-state index contributed by atoms with van der Waals surface area (Å²) in [4.78, 5) is 0. The maximum absolute atomic E-state index is 2.29. The van der Waals surface area contributed by atoms with Crippen LogP contribution in [0.1, 0.15) is 48.6 Å². The molecular weight excluding hydrogens is 240 g/mol. The molecule has 2 aromatic carbocycles. The highest BCUT2D eigenvalue weighted by molar-refractivity contribution is 5.73. The van der Waals surface area contributed by atoms with Crippen molar-refractivity contribution in [3.8, 4) is 11.1 Å². The van der Waals surface area contributed by atoms with E-state index in [0.717, 1.165) is 0 Å². The Morgan fingerprint density at radius 2 is 1.15 bits per heavy atom. The fourth-order valence-electron chi connectivity index (χ4n) is 2.79. The molecule has 0 nitrogen and oxygen atoms in total. The molecule has 0 aliphatic heterocycles. The summed E-state index contributed by atoms with van der Waals surface area (Å²) in [6.07, 6.45) is 0. The van der Waals surface area contributed by atoms with Crippen LogP contribution >= 0.6 is 0 Å². The fourth-order valence-corrected chi connectivity index (χ4v) is 2.79. The highest BCUT2D eigenvalue weighted by Crippen LogP contribution is 2.33. The first-order chi connectivity index (χ1) is 9.21. The lowest BCUT2D eigenvalue weighted by Gasteiger charge is -2.20. The van der Waals surface area contributed by atoms with Crippen LogP contribution in [0.3, 0.4) is 0 Å². The summed E-state index contributed by atoms with van der Waals surface area (Å²) in [5, 5.41) is 0. The molecule has 2 aromatic rings. The minimum Gasteiger partial charge on any atom is -0.0579 e. The Labute approximate surface area is 123 Å². The zero-order valence-corrected chi connectivity index (χ0v) is 13.9. The van der Waals surface area contributed by atoms with E-state index in [9.17, 15) is 0 Å². The molecule has 0 atom stereocenters. The van der Waals surface area contributed by atoms with Gasteiger partial charge in [0, 0.05) is 0 Å². The minimum atomic E-state index is 0.213. The van der Waals surface area contributed by atoms with E-state index in [1.54, 1.807) is 0 Å². The predicted molar refractivity (Wildman–Crippen MR) is 89.5 cm³/mol. The quantitative estimate of drug-likeness (QED) is 0.604. The van der Waals surface area contributed by atoms with Gasteiger partial charge in [0.15, 0.2) is 0 Å². The van der Waals surface area contributed by atoms with E-state index >= 15 is 0 Å². The van der Waals surface area contributed by atoms with Crippen molar-refractivity contribution in [3.05, 3.63) is 58.1 Å². The summed E-state index contributed by atoms with van der Waals surface area (Å²) in [6, 6.07) is 11.4. The molecule has 0 saturated heterocycles. The smallest absolute Gasteiger partial charge is 0.0120 e. The summed E-state index contributed by atoms with van der Waals surface area (Å²) >= 11 is 0. The molecule has 0 heteroatoms. The molecule has 0 amide bonds. The number of aryl methyl sites for hydroxylation is 2. The molecule has 0 spiro atoms. The molecule has 0 N–H and O–H groups in total. The lowest BCUT2D eigenvalue weighted by atomic mass is 9.84. The van der Waals surface area contributed by atoms with E-state index in [-0.39, 0.29) is 5.41 Å². The van der Waals surface area contributed by atoms with Crippen LogP contribution < -0.4 is 0 Å². The normalized spacial score (nSPS) is 11.8. The zero-order valence-electron chi connectivity index (χ0n) is 13.9. The number of hydrogen-bond donors (Lipinski definition) is 0. The van der Waals surface area contributed by atoms with Gasteiger partial charge in [0.2, 0.25) is 0 Å². The van der Waals surface area contributed by atoms with Crippen LogP contribution in [0.5, 0.6) is 0 Å². The Bertz CT molecular complexity index is 596. The summed E-state index contributed by atoms with van der Waals surface area (Å²) in [6.45, 7) is 15.6. The summed E-state index contributed by atoms with van der Waals surface area (Å²) < 4.78 is 0. The van der Waals surface area contributed by atoms with Crippen LogP contribution in [0.4, 0.5) is 0 Å². The largest absolute Gasteiger partial charge is 0.0579 e. The van der Waals surface area contributed by atoms with E-state index in [0.29, 0.717) is 0 Å². The second-order valence-corrected chi connectivity index (χ2v) is 6.96. The lowest BCUT2D eigenvalue weighted by molar-refractivity contribution is 0.590. The minimum absolute atomic E-state index is 0.213. The van der Waals surface area contributed by atoms with Gasteiger partial charge in [0.1, 0.15) is 0 Å². The zero-order chi connectivity index (χ0) is 15.1. The molecule has 0 aliphatic rings. The summed E-state index contributed by atoms with van der Waals surface area (Å²) in [5.41, 5.74) is 9.90. The van der Waals surface area contributed by atoms with Gasteiger partial charge in [-0.2, -0.15) is 0 Å². The first-order valence-electron chi connectivity index (χ1n) is 7.40. The van der Waals surface area contributed by atoms with Crippen molar-refractivity contribution in [2.24, 2.45) is 0 Å². The van der Waals surface area contributed by atoms with Gasteiger partial charge >= 0.3 is 0 Å². The van der Waals surface area contributed by atoms with Crippen molar-refractivity contribution >= 4 is 0 Å². The SMILES string of the molecule is Cc1cc(C)c(C)c(-c2ccc(C(C)(C)C)cc2)c1C. The van der Waals surface area contributed by atoms with Crippen molar-refractivity contribution in [1.29, 1.82) is 0 Å². The summed E-state index contributed by atoms with van der Waals surface area (Å²) in [7, 11) is 0. The first kappa shape index (κ1) is 14.8. The van der Waals surface area contributed by atoms with Crippen LogP contribution in [0.25, 0.3) is 11.1 Å². The van der Waals surface area contributed by atoms with Crippen LogP contribution in [-0.4, -0.2) is 0 Å². The van der Waals surface area contributed by atoms with Crippen LogP contribution in [-0.2, 0) is 5.41 Å². The Balaban J connectivity index is 2.58. The third-order valence-electron chi connectivity index (χ3n) is 4.41. The molecule has 0 unspecified atom stereocenters. The van der Waals surface area contributed by atoms with Gasteiger partial charge in [-0.15, -0.1) is 0 Å². The monoisotopic (exact) mass is 266 g/mol. The fraction of sp³-hybridized carbons (Fsp3) is 0.400. The van der Waals surface area contributed by atoms with Gasteiger partial charge in [0.05, 0.1) is 0 Å². The standard InChI is InChI=1S/C20H26/c1-13-12-14(2)16(4)19(15(13)3)17-8-10-18(11-9-17)20(5,6)7/h8-12H,1-7H3. The Morgan fingerprint density at radius 1 is 0.700 bits per heavy atom. The van der Waals surface area contributed by atoms with Gasteiger partial charge in [-0.25, -0.2) is 0 Å². The predicted octanol–water partition coefficient (Wildman–Crippen LogP) is 5.88.